The highest BCUT2D eigenvalue weighted by Crippen LogP contribution is 2.34. The predicted octanol–water partition coefficient (Wildman–Crippen LogP) is 3.65. The van der Waals surface area contributed by atoms with Crippen LogP contribution in [-0.2, 0) is 17.8 Å². The van der Waals surface area contributed by atoms with Crippen LogP contribution < -0.4 is 14.4 Å². The van der Waals surface area contributed by atoms with E-state index >= 15 is 0 Å². The number of fused-ring (bicyclic) bond motifs is 2. The van der Waals surface area contributed by atoms with E-state index in [9.17, 15) is 4.79 Å². The normalized spacial score (nSPS) is 17.0. The van der Waals surface area contributed by atoms with Gasteiger partial charge in [-0.1, -0.05) is 12.1 Å². The van der Waals surface area contributed by atoms with Gasteiger partial charge in [0, 0.05) is 32.1 Å². The molecule has 0 bridgehead atoms. The van der Waals surface area contributed by atoms with Gasteiger partial charge in [0.15, 0.2) is 17.1 Å². The summed E-state index contributed by atoms with van der Waals surface area (Å²) in [6.45, 7) is 2.92. The molecule has 31 heavy (non-hydrogen) atoms. The second-order valence-electron chi connectivity index (χ2n) is 8.21. The molecule has 1 aromatic heterocycles. The van der Waals surface area contributed by atoms with Gasteiger partial charge in [0.05, 0.1) is 14.2 Å². The number of rotatable bonds is 4. The van der Waals surface area contributed by atoms with Crippen molar-refractivity contribution in [2.45, 2.75) is 25.8 Å². The van der Waals surface area contributed by atoms with Crippen LogP contribution in [0.2, 0.25) is 0 Å². The molecule has 162 valence electrons. The van der Waals surface area contributed by atoms with Crippen molar-refractivity contribution in [2.24, 2.45) is 5.92 Å². The topological polar surface area (TPSA) is 68.0 Å². The number of anilines is 1. The minimum atomic E-state index is 0.0438. The van der Waals surface area contributed by atoms with Crippen LogP contribution >= 0.6 is 0 Å². The molecule has 1 fully saturated rings. The number of nitrogens with zero attached hydrogens (tertiary/aromatic N) is 3. The number of hydrogen-bond acceptors (Lipinski definition) is 6. The fourth-order valence-electron chi connectivity index (χ4n) is 4.64. The number of benzene rings is 2. The average molecular weight is 421 g/mol. The number of amides is 1. The number of methoxy groups -OCH3 is 2. The van der Waals surface area contributed by atoms with Gasteiger partial charge in [-0.2, -0.15) is 4.98 Å². The van der Waals surface area contributed by atoms with Crippen LogP contribution in [-0.4, -0.2) is 49.6 Å². The summed E-state index contributed by atoms with van der Waals surface area (Å²) >= 11 is 0. The van der Waals surface area contributed by atoms with Crippen molar-refractivity contribution in [1.29, 1.82) is 0 Å². The van der Waals surface area contributed by atoms with E-state index in [4.69, 9.17) is 13.9 Å². The van der Waals surface area contributed by atoms with Crippen molar-refractivity contribution in [3.05, 3.63) is 47.5 Å². The zero-order valence-electron chi connectivity index (χ0n) is 18.0. The molecule has 0 saturated carbocycles. The Balaban J connectivity index is 1.24. The van der Waals surface area contributed by atoms with Crippen LogP contribution in [0.5, 0.6) is 11.5 Å². The maximum Gasteiger partial charge on any atom is 0.298 e. The number of carbonyl (C=O) groups excluding carboxylic acids is 1. The SMILES string of the molecule is COc1cc2c(cc1OC)CN(C(=O)C1CCN(c3nc4ccccc4o3)CC1)CC2. The summed E-state index contributed by atoms with van der Waals surface area (Å²) < 4.78 is 16.8. The summed E-state index contributed by atoms with van der Waals surface area (Å²) in [7, 11) is 3.29. The first-order valence-corrected chi connectivity index (χ1v) is 10.8. The Kier molecular flexibility index (Phi) is 5.18. The number of piperidine rings is 1. The Hall–Kier alpha value is -3.22. The van der Waals surface area contributed by atoms with Crippen molar-refractivity contribution >= 4 is 23.0 Å². The molecule has 7 nitrogen and oxygen atoms in total. The molecule has 7 heteroatoms. The highest BCUT2D eigenvalue weighted by Gasteiger charge is 2.32. The Bertz CT molecular complexity index is 1070. The van der Waals surface area contributed by atoms with Gasteiger partial charge in [-0.15, -0.1) is 0 Å². The van der Waals surface area contributed by atoms with Crippen molar-refractivity contribution in [3.8, 4) is 11.5 Å². The summed E-state index contributed by atoms with van der Waals surface area (Å²) in [5, 5.41) is 0. The first kappa shape index (κ1) is 19.7. The number of hydrogen-bond donors (Lipinski definition) is 0. The number of para-hydroxylation sites is 2. The van der Waals surface area contributed by atoms with Crippen LogP contribution in [0, 0.1) is 5.92 Å². The monoisotopic (exact) mass is 421 g/mol. The van der Waals surface area contributed by atoms with Crippen LogP contribution in [0.1, 0.15) is 24.0 Å². The summed E-state index contributed by atoms with van der Waals surface area (Å²) in [5.41, 5.74) is 4.04. The molecule has 0 N–H and O–H groups in total. The van der Waals surface area contributed by atoms with E-state index in [0.717, 1.165) is 61.3 Å². The van der Waals surface area contributed by atoms with Gasteiger partial charge in [-0.05, 0) is 54.7 Å². The second kappa shape index (κ2) is 8.13. The lowest BCUT2D eigenvalue weighted by Gasteiger charge is -2.35. The van der Waals surface area contributed by atoms with E-state index in [0.29, 0.717) is 18.3 Å². The smallest absolute Gasteiger partial charge is 0.298 e. The van der Waals surface area contributed by atoms with Gasteiger partial charge in [0.25, 0.3) is 6.01 Å². The van der Waals surface area contributed by atoms with E-state index < -0.39 is 0 Å². The number of carbonyl (C=O) groups is 1. The summed E-state index contributed by atoms with van der Waals surface area (Å²) in [4.78, 5) is 22.0. The zero-order chi connectivity index (χ0) is 21.4. The molecule has 2 aromatic carbocycles. The lowest BCUT2D eigenvalue weighted by Crippen LogP contribution is -2.44. The lowest BCUT2D eigenvalue weighted by atomic mass is 9.93. The third-order valence-corrected chi connectivity index (χ3v) is 6.43. The van der Waals surface area contributed by atoms with Crippen molar-refractivity contribution in [2.75, 3.05) is 38.8 Å². The Morgan fingerprint density at radius 1 is 1.03 bits per heavy atom. The molecule has 1 saturated heterocycles. The third-order valence-electron chi connectivity index (χ3n) is 6.43. The van der Waals surface area contributed by atoms with Crippen molar-refractivity contribution < 1.29 is 18.7 Å². The molecule has 0 atom stereocenters. The van der Waals surface area contributed by atoms with Crippen LogP contribution in [0.15, 0.2) is 40.8 Å². The number of aromatic nitrogens is 1. The molecule has 1 amide bonds. The zero-order valence-corrected chi connectivity index (χ0v) is 18.0. The molecule has 2 aliphatic heterocycles. The van der Waals surface area contributed by atoms with Crippen LogP contribution in [0.4, 0.5) is 6.01 Å². The third kappa shape index (κ3) is 3.69. The standard InChI is InChI=1S/C24H27N3O4/c1-29-21-13-17-9-12-27(15-18(17)14-22(21)30-2)23(28)16-7-10-26(11-8-16)24-25-19-5-3-4-6-20(19)31-24/h3-6,13-14,16H,7-12,15H2,1-2H3. The molecule has 2 aliphatic rings. The van der Waals surface area contributed by atoms with Crippen LogP contribution in [0.3, 0.4) is 0 Å². The maximum absolute atomic E-state index is 13.2. The molecule has 0 aliphatic carbocycles. The Morgan fingerprint density at radius 2 is 1.74 bits per heavy atom. The predicted molar refractivity (Wildman–Crippen MR) is 118 cm³/mol. The van der Waals surface area contributed by atoms with Gasteiger partial charge in [-0.3, -0.25) is 4.79 Å². The van der Waals surface area contributed by atoms with Gasteiger partial charge in [0.2, 0.25) is 5.91 Å². The molecule has 0 radical (unpaired) electrons. The molecule has 0 spiro atoms. The molecular weight excluding hydrogens is 394 g/mol. The summed E-state index contributed by atoms with van der Waals surface area (Å²) in [6, 6.07) is 12.5. The van der Waals surface area contributed by atoms with Gasteiger partial charge >= 0.3 is 0 Å². The van der Waals surface area contributed by atoms with E-state index in [1.807, 2.05) is 41.3 Å². The second-order valence-corrected chi connectivity index (χ2v) is 8.21. The van der Waals surface area contributed by atoms with E-state index in [1.165, 1.54) is 5.56 Å². The molecule has 5 rings (SSSR count). The highest BCUT2D eigenvalue weighted by atomic mass is 16.5. The summed E-state index contributed by atoms with van der Waals surface area (Å²) in [5.74, 6) is 1.75. The average Bonchev–Trinajstić information content (AvgIpc) is 3.26. The molecule has 3 aromatic rings. The Labute approximate surface area is 181 Å². The summed E-state index contributed by atoms with van der Waals surface area (Å²) in [6.07, 6.45) is 2.46. The highest BCUT2D eigenvalue weighted by molar-refractivity contribution is 5.80. The molecule has 0 unspecified atom stereocenters. The van der Waals surface area contributed by atoms with Crippen molar-refractivity contribution in [1.82, 2.24) is 9.88 Å². The first-order valence-electron chi connectivity index (χ1n) is 10.8. The molecule has 3 heterocycles. The number of oxazole rings is 1. The van der Waals surface area contributed by atoms with Gasteiger partial charge < -0.3 is 23.7 Å². The minimum absolute atomic E-state index is 0.0438. The fourth-order valence-corrected chi connectivity index (χ4v) is 4.64. The van der Waals surface area contributed by atoms with Crippen LogP contribution in [0.25, 0.3) is 11.1 Å². The van der Waals surface area contributed by atoms with E-state index in [2.05, 4.69) is 9.88 Å². The van der Waals surface area contributed by atoms with E-state index in [1.54, 1.807) is 14.2 Å². The fraction of sp³-hybridized carbons (Fsp3) is 0.417. The maximum atomic E-state index is 13.2. The first-order chi connectivity index (χ1) is 15.2. The van der Waals surface area contributed by atoms with Crippen molar-refractivity contribution in [3.63, 3.8) is 0 Å². The molecular formula is C24H27N3O4. The Morgan fingerprint density at radius 3 is 2.45 bits per heavy atom. The van der Waals surface area contributed by atoms with E-state index in [-0.39, 0.29) is 11.8 Å². The van der Waals surface area contributed by atoms with Gasteiger partial charge in [-0.25, -0.2) is 0 Å². The quantitative estimate of drug-likeness (QED) is 0.641. The van der Waals surface area contributed by atoms with Gasteiger partial charge in [0.1, 0.15) is 5.52 Å². The number of ether oxygens (including phenoxy) is 2. The largest absolute Gasteiger partial charge is 0.493 e. The lowest BCUT2D eigenvalue weighted by molar-refractivity contribution is -0.137. The minimum Gasteiger partial charge on any atom is -0.493 e.